The minimum Gasteiger partial charge on any atom is -0.387 e. The fraction of sp³-hybridized carbons (Fsp3) is 0.222. The second-order valence-electron chi connectivity index (χ2n) is 5.61. The zero-order valence-corrected chi connectivity index (χ0v) is 16.6. The van der Waals surface area contributed by atoms with Crippen molar-refractivity contribution < 1.29 is 4.84 Å². The van der Waals surface area contributed by atoms with E-state index in [9.17, 15) is 0 Å². The highest BCUT2D eigenvalue weighted by Gasteiger charge is 2.22. The van der Waals surface area contributed by atoms with Gasteiger partial charge in [0.1, 0.15) is 0 Å². The van der Waals surface area contributed by atoms with Gasteiger partial charge in [-0.2, -0.15) is 0 Å². The van der Waals surface area contributed by atoms with Gasteiger partial charge in [0.05, 0.1) is 21.4 Å². The molecule has 0 spiro atoms. The minimum atomic E-state index is 0.0827. The fourth-order valence-corrected chi connectivity index (χ4v) is 6.80. The van der Waals surface area contributed by atoms with Crippen molar-refractivity contribution in [2.45, 2.75) is 18.3 Å². The lowest BCUT2D eigenvalue weighted by molar-refractivity contribution is 0.0857. The predicted molar refractivity (Wildman–Crippen MR) is 113 cm³/mol. The van der Waals surface area contributed by atoms with Crippen LogP contribution in [0.4, 0.5) is 0 Å². The van der Waals surface area contributed by atoms with Crippen LogP contribution in [0.15, 0.2) is 59.2 Å². The second kappa shape index (κ2) is 8.49. The monoisotopic (exact) mass is 404 g/mol. The van der Waals surface area contributed by atoms with E-state index in [0.29, 0.717) is 0 Å². The van der Waals surface area contributed by atoms with Crippen LogP contribution < -0.4 is 0 Å². The van der Waals surface area contributed by atoms with Gasteiger partial charge in [0.15, 0.2) is 6.10 Å². The first-order valence-electron chi connectivity index (χ1n) is 7.88. The number of oxime groups is 1. The van der Waals surface area contributed by atoms with Gasteiger partial charge in [-0.3, -0.25) is 0 Å². The zero-order chi connectivity index (χ0) is 16.9. The minimum absolute atomic E-state index is 0.0827. The molecule has 1 aliphatic rings. The van der Waals surface area contributed by atoms with E-state index >= 15 is 0 Å². The number of thiazole rings is 1. The molecule has 0 amide bonds. The highest BCUT2D eigenvalue weighted by Crippen LogP contribution is 2.38. The first-order chi connectivity index (χ1) is 12.4. The molecule has 1 aromatic heterocycles. The summed E-state index contributed by atoms with van der Waals surface area (Å²) in [4.78, 5) is 9.94. The van der Waals surface area contributed by atoms with Crippen LogP contribution in [0.2, 0.25) is 0 Å². The molecule has 2 heterocycles. The molecule has 1 aliphatic heterocycles. The Kier molecular flexibility index (Phi) is 5.86. The number of fused-ring (bicyclic) bond motifs is 1. The highest BCUT2D eigenvalue weighted by molar-refractivity contribution is 9.09. The van der Waals surface area contributed by atoms with Crippen LogP contribution in [-0.4, -0.2) is 16.4 Å². The van der Waals surface area contributed by atoms with Crippen molar-refractivity contribution >= 4 is 58.7 Å². The molecular formula is C18H16N2OS4. The number of hydrogen-bond donors (Lipinski definition) is 0. The molecule has 25 heavy (non-hydrogen) atoms. The van der Waals surface area contributed by atoms with E-state index in [0.717, 1.165) is 29.2 Å². The number of hydrogen-bond acceptors (Lipinski definition) is 7. The van der Waals surface area contributed by atoms with Gasteiger partial charge in [0, 0.05) is 17.9 Å². The van der Waals surface area contributed by atoms with E-state index < -0.39 is 0 Å². The summed E-state index contributed by atoms with van der Waals surface area (Å²) in [7, 11) is 5.50. The van der Waals surface area contributed by atoms with Gasteiger partial charge >= 0.3 is 0 Å². The summed E-state index contributed by atoms with van der Waals surface area (Å²) in [6, 6.07) is 16.8. The van der Waals surface area contributed by atoms with Crippen LogP contribution in [0.5, 0.6) is 0 Å². The van der Waals surface area contributed by atoms with Crippen LogP contribution in [-0.2, 0) is 10.6 Å². The Hall–Kier alpha value is -1.15. The lowest BCUT2D eigenvalue weighted by atomic mass is 10.1. The van der Waals surface area contributed by atoms with Crippen LogP contribution in [0.25, 0.3) is 10.2 Å². The number of nitrogens with zero attached hydrogens (tertiary/aromatic N) is 2. The molecule has 0 radical (unpaired) electrons. The Balaban J connectivity index is 1.17. The Morgan fingerprint density at radius 2 is 1.96 bits per heavy atom. The third kappa shape index (κ3) is 4.53. The van der Waals surface area contributed by atoms with Gasteiger partial charge in [-0.05, 0) is 33.1 Å². The quantitative estimate of drug-likeness (QED) is 0.339. The molecule has 1 unspecified atom stereocenters. The molecule has 0 saturated carbocycles. The average Bonchev–Trinajstić information content (AvgIpc) is 3.31. The molecule has 7 heteroatoms. The van der Waals surface area contributed by atoms with Gasteiger partial charge in [-0.1, -0.05) is 63.1 Å². The molecule has 2 aromatic carbocycles. The molecule has 0 N–H and O–H groups in total. The van der Waals surface area contributed by atoms with Crippen molar-refractivity contribution in [3.8, 4) is 0 Å². The Labute approximate surface area is 162 Å². The molecule has 1 atom stereocenters. The van der Waals surface area contributed by atoms with E-state index in [-0.39, 0.29) is 6.10 Å². The molecule has 0 bridgehead atoms. The SMILES string of the molecule is c1ccc(C2CC(CSSSCc3ccc4scnc4c3)=NO2)cc1. The van der Waals surface area contributed by atoms with Crippen molar-refractivity contribution in [1.29, 1.82) is 0 Å². The summed E-state index contributed by atoms with van der Waals surface area (Å²) < 4.78 is 1.25. The first-order valence-corrected chi connectivity index (χ1v) is 12.6. The lowest BCUT2D eigenvalue weighted by Crippen LogP contribution is -2.01. The zero-order valence-electron chi connectivity index (χ0n) is 13.3. The van der Waals surface area contributed by atoms with Crippen molar-refractivity contribution in [2.24, 2.45) is 5.16 Å². The summed E-state index contributed by atoms with van der Waals surface area (Å²) in [6.07, 6.45) is 0.974. The Morgan fingerprint density at radius 1 is 1.08 bits per heavy atom. The molecule has 128 valence electrons. The molecule has 0 saturated heterocycles. The van der Waals surface area contributed by atoms with Gasteiger partial charge in [-0.25, -0.2) is 4.98 Å². The predicted octanol–water partition coefficient (Wildman–Crippen LogP) is 6.34. The molecule has 0 aliphatic carbocycles. The number of aromatic nitrogens is 1. The van der Waals surface area contributed by atoms with Crippen LogP contribution in [0.3, 0.4) is 0 Å². The molecule has 3 aromatic rings. The van der Waals surface area contributed by atoms with Crippen molar-refractivity contribution in [2.75, 3.05) is 5.75 Å². The van der Waals surface area contributed by atoms with Gasteiger partial charge < -0.3 is 4.84 Å². The second-order valence-corrected chi connectivity index (χ2v) is 10.7. The van der Waals surface area contributed by atoms with Crippen LogP contribution in [0, 0.1) is 0 Å². The lowest BCUT2D eigenvalue weighted by Gasteiger charge is -2.07. The topological polar surface area (TPSA) is 34.5 Å². The van der Waals surface area contributed by atoms with E-state index in [1.807, 2.05) is 55.1 Å². The molecule has 4 rings (SSSR count). The van der Waals surface area contributed by atoms with Gasteiger partial charge in [0.25, 0.3) is 0 Å². The third-order valence-electron chi connectivity index (χ3n) is 3.84. The van der Waals surface area contributed by atoms with Gasteiger partial charge in [0.2, 0.25) is 0 Å². The first kappa shape index (κ1) is 17.3. The molecule has 3 nitrogen and oxygen atoms in total. The smallest absolute Gasteiger partial charge is 0.157 e. The maximum Gasteiger partial charge on any atom is 0.157 e. The van der Waals surface area contributed by atoms with Crippen molar-refractivity contribution in [1.82, 2.24) is 4.98 Å². The van der Waals surface area contributed by atoms with Crippen molar-refractivity contribution in [3.63, 3.8) is 0 Å². The summed E-state index contributed by atoms with van der Waals surface area (Å²) in [6.45, 7) is 0. The maximum atomic E-state index is 5.56. The largest absolute Gasteiger partial charge is 0.387 e. The van der Waals surface area contributed by atoms with Crippen molar-refractivity contribution in [3.05, 3.63) is 65.2 Å². The summed E-state index contributed by atoms with van der Waals surface area (Å²) in [5.74, 6) is 1.90. The van der Waals surface area contributed by atoms with Crippen LogP contribution in [0.1, 0.15) is 23.7 Å². The average molecular weight is 405 g/mol. The summed E-state index contributed by atoms with van der Waals surface area (Å²) >= 11 is 1.69. The number of benzene rings is 2. The Morgan fingerprint density at radius 3 is 2.88 bits per heavy atom. The van der Waals surface area contributed by atoms with E-state index in [1.54, 1.807) is 11.3 Å². The van der Waals surface area contributed by atoms with E-state index in [2.05, 4.69) is 40.5 Å². The fourth-order valence-electron chi connectivity index (χ4n) is 2.57. The normalized spacial score (nSPS) is 16.8. The summed E-state index contributed by atoms with van der Waals surface area (Å²) in [5.41, 5.74) is 6.66. The number of rotatable bonds is 7. The maximum absolute atomic E-state index is 5.56. The molecular weight excluding hydrogens is 388 g/mol. The Bertz CT molecular complexity index is 866. The van der Waals surface area contributed by atoms with Gasteiger partial charge in [-0.15, -0.1) is 11.3 Å². The summed E-state index contributed by atoms with van der Waals surface area (Å²) in [5, 5.41) is 4.24. The molecule has 0 fully saturated rings. The van der Waals surface area contributed by atoms with E-state index in [4.69, 9.17) is 4.84 Å². The highest BCUT2D eigenvalue weighted by atomic mass is 33.5. The van der Waals surface area contributed by atoms with Crippen LogP contribution >= 0.6 is 42.8 Å². The van der Waals surface area contributed by atoms with E-state index in [1.165, 1.54) is 15.8 Å². The standard InChI is InChI=1S/C18H16N2OS4/c1-2-4-14(5-3-1)17-9-15(20-21-17)11-24-25-23-10-13-6-7-18-16(8-13)19-12-22-18/h1-8,12,17H,9-11H2. The third-order valence-corrected chi connectivity index (χ3v) is 8.76.